The molecule has 3 aliphatic rings. The lowest BCUT2D eigenvalue weighted by molar-refractivity contribution is -0.137. The Morgan fingerprint density at radius 2 is 1.88 bits per heavy atom. The van der Waals surface area contributed by atoms with Crippen LogP contribution in [0.1, 0.15) is 41.1 Å². The quantitative estimate of drug-likeness (QED) is 0.649. The molecule has 8 heteroatoms. The molecule has 0 spiro atoms. The molecule has 0 saturated carbocycles. The number of anilines is 1. The zero-order valence-corrected chi connectivity index (χ0v) is 19.6. The van der Waals surface area contributed by atoms with E-state index in [-0.39, 0.29) is 23.6 Å². The first-order chi connectivity index (χ1) is 16.6. The minimum absolute atomic E-state index is 0.00411. The fourth-order valence-electron chi connectivity index (χ4n) is 5.78. The minimum Gasteiger partial charge on any atom is -0.354 e. The summed E-state index contributed by atoms with van der Waals surface area (Å²) in [7, 11) is 0. The molecule has 7 nitrogen and oxygen atoms in total. The Bertz CT molecular complexity index is 1230. The minimum atomic E-state index is -0.131. The van der Waals surface area contributed by atoms with Crippen molar-refractivity contribution in [1.82, 2.24) is 24.8 Å². The van der Waals surface area contributed by atoms with Gasteiger partial charge in [0.2, 0.25) is 5.91 Å². The van der Waals surface area contributed by atoms with Gasteiger partial charge in [0.05, 0.1) is 17.8 Å². The van der Waals surface area contributed by atoms with Gasteiger partial charge in [0.1, 0.15) is 11.6 Å². The van der Waals surface area contributed by atoms with E-state index in [9.17, 15) is 9.18 Å². The molecular formula is C26H31FN6O. The van der Waals surface area contributed by atoms with E-state index in [2.05, 4.69) is 15.3 Å². The van der Waals surface area contributed by atoms with Gasteiger partial charge in [0.25, 0.3) is 0 Å². The van der Waals surface area contributed by atoms with Gasteiger partial charge in [-0.1, -0.05) is 18.2 Å². The highest BCUT2D eigenvalue weighted by molar-refractivity contribution is 5.82. The van der Waals surface area contributed by atoms with Crippen LogP contribution in [0.15, 0.2) is 30.5 Å². The Labute approximate surface area is 199 Å². The summed E-state index contributed by atoms with van der Waals surface area (Å²) in [4.78, 5) is 22.5. The number of aromatic nitrogens is 3. The van der Waals surface area contributed by atoms with Gasteiger partial charge in [0, 0.05) is 50.3 Å². The van der Waals surface area contributed by atoms with Crippen LogP contribution in [0.5, 0.6) is 0 Å². The zero-order chi connectivity index (χ0) is 23.2. The third-order valence-electron chi connectivity index (χ3n) is 7.75. The normalized spacial score (nSPS) is 19.7. The second-order valence-electron chi connectivity index (χ2n) is 9.90. The highest BCUT2D eigenvalue weighted by atomic mass is 19.1. The molecule has 0 aliphatic carbocycles. The number of nitrogens with one attached hydrogen (secondary N) is 1. The second-order valence-corrected chi connectivity index (χ2v) is 9.90. The number of hydrogen-bond donors (Lipinski definition) is 1. The van der Waals surface area contributed by atoms with Crippen molar-refractivity contribution < 1.29 is 9.18 Å². The van der Waals surface area contributed by atoms with Crippen molar-refractivity contribution in [3.63, 3.8) is 0 Å². The van der Waals surface area contributed by atoms with E-state index in [0.29, 0.717) is 26.2 Å². The van der Waals surface area contributed by atoms with Crippen LogP contribution >= 0.6 is 0 Å². The molecule has 6 rings (SSSR count). The summed E-state index contributed by atoms with van der Waals surface area (Å²) < 4.78 is 16.2. The van der Waals surface area contributed by atoms with Crippen LogP contribution in [-0.4, -0.2) is 64.7 Å². The first kappa shape index (κ1) is 21.5. The number of hydrogen-bond acceptors (Lipinski definition) is 5. The number of amides is 1. The highest BCUT2D eigenvalue weighted by Gasteiger charge is 2.39. The summed E-state index contributed by atoms with van der Waals surface area (Å²) in [5.41, 5.74) is 5.20. The summed E-state index contributed by atoms with van der Waals surface area (Å²) in [6.45, 7) is 6.75. The first-order valence-electron chi connectivity index (χ1n) is 12.4. The Hall–Kier alpha value is -3.00. The molecule has 0 radical (unpaired) electrons. The van der Waals surface area contributed by atoms with Gasteiger partial charge in [-0.3, -0.25) is 4.79 Å². The van der Waals surface area contributed by atoms with Crippen LogP contribution in [0, 0.1) is 18.7 Å². The number of likely N-dealkylation sites (tertiary alicyclic amines) is 1. The Kier molecular flexibility index (Phi) is 5.48. The number of rotatable bonds is 3. The van der Waals surface area contributed by atoms with Gasteiger partial charge in [-0.25, -0.2) is 9.37 Å². The van der Waals surface area contributed by atoms with Gasteiger partial charge in [-0.2, -0.15) is 9.61 Å². The van der Waals surface area contributed by atoms with Crippen molar-refractivity contribution in [3.05, 3.63) is 58.7 Å². The Morgan fingerprint density at radius 3 is 2.68 bits per heavy atom. The summed E-state index contributed by atoms with van der Waals surface area (Å²) in [6, 6.07) is 7.04. The average Bonchev–Trinajstić information content (AvgIpc) is 3.03. The van der Waals surface area contributed by atoms with E-state index in [1.54, 1.807) is 6.07 Å². The fraction of sp³-hybridized carbons (Fsp3) is 0.500. The molecule has 0 unspecified atom stereocenters. The number of aryl methyl sites for hydroxylation is 1. The standard InChI is InChI=1S/C26H31FN6O/c1-17-14-29-33-24(17)30-23-7-11-28-10-6-21(23)25(33)32-15-19(16-32)26(34)31-12-8-18(9-13-31)20-4-2-3-5-22(20)27/h2-5,14,18-19,28H,6-13,15-16H2,1H3. The van der Waals surface area contributed by atoms with E-state index in [1.165, 1.54) is 11.6 Å². The molecule has 5 heterocycles. The highest BCUT2D eigenvalue weighted by Crippen LogP contribution is 2.34. The van der Waals surface area contributed by atoms with E-state index in [0.717, 1.165) is 67.1 Å². The number of piperidine rings is 1. The molecule has 2 fully saturated rings. The van der Waals surface area contributed by atoms with Crippen LogP contribution in [-0.2, 0) is 17.6 Å². The average molecular weight is 463 g/mol. The van der Waals surface area contributed by atoms with Crippen LogP contribution in [0.3, 0.4) is 0 Å². The number of carbonyl (C=O) groups is 1. The molecule has 0 atom stereocenters. The second kappa shape index (κ2) is 8.65. The van der Waals surface area contributed by atoms with E-state index in [1.807, 2.05) is 34.7 Å². The van der Waals surface area contributed by atoms with Crippen molar-refractivity contribution in [2.24, 2.45) is 5.92 Å². The molecule has 1 aromatic carbocycles. The lowest BCUT2D eigenvalue weighted by atomic mass is 9.88. The predicted molar refractivity (Wildman–Crippen MR) is 129 cm³/mol. The number of carbonyl (C=O) groups excluding carboxylic acids is 1. The van der Waals surface area contributed by atoms with Crippen LogP contribution in [0.4, 0.5) is 10.2 Å². The smallest absolute Gasteiger partial charge is 0.229 e. The number of nitrogens with zero attached hydrogens (tertiary/aromatic N) is 5. The van der Waals surface area contributed by atoms with Gasteiger partial charge >= 0.3 is 0 Å². The molecule has 3 aromatic rings. The number of benzene rings is 1. The molecule has 1 amide bonds. The molecule has 178 valence electrons. The lowest BCUT2D eigenvalue weighted by Gasteiger charge is -2.44. The lowest BCUT2D eigenvalue weighted by Crippen LogP contribution is -2.56. The molecular weight excluding hydrogens is 431 g/mol. The van der Waals surface area contributed by atoms with Crippen LogP contribution in [0.25, 0.3) is 5.65 Å². The molecule has 1 N–H and O–H groups in total. The predicted octanol–water partition coefficient (Wildman–Crippen LogP) is 2.71. The number of fused-ring (bicyclic) bond motifs is 2. The van der Waals surface area contributed by atoms with E-state index >= 15 is 0 Å². The largest absolute Gasteiger partial charge is 0.354 e. The van der Waals surface area contributed by atoms with E-state index in [4.69, 9.17) is 4.98 Å². The summed E-state index contributed by atoms with van der Waals surface area (Å²) in [5.74, 6) is 1.41. The molecule has 0 bridgehead atoms. The maximum atomic E-state index is 14.2. The number of halogens is 1. The van der Waals surface area contributed by atoms with Gasteiger partial charge in [-0.15, -0.1) is 0 Å². The Balaban J connectivity index is 1.15. The third kappa shape index (κ3) is 3.64. The molecule has 34 heavy (non-hydrogen) atoms. The SMILES string of the molecule is Cc1cnn2c(N3CC(C(=O)N4CCC(c5ccccc5F)CC4)C3)c3c(nc12)CCNCC3. The van der Waals surface area contributed by atoms with Crippen LogP contribution in [0.2, 0.25) is 0 Å². The third-order valence-corrected chi connectivity index (χ3v) is 7.75. The molecule has 3 aliphatic heterocycles. The van der Waals surface area contributed by atoms with Crippen molar-refractivity contribution >= 4 is 17.4 Å². The summed E-state index contributed by atoms with van der Waals surface area (Å²) >= 11 is 0. The maximum Gasteiger partial charge on any atom is 0.229 e. The van der Waals surface area contributed by atoms with E-state index < -0.39 is 0 Å². The van der Waals surface area contributed by atoms with Crippen molar-refractivity contribution in [2.45, 2.75) is 38.5 Å². The van der Waals surface area contributed by atoms with Crippen LogP contribution < -0.4 is 10.2 Å². The summed E-state index contributed by atoms with van der Waals surface area (Å²) in [5, 5.41) is 8.10. The topological polar surface area (TPSA) is 65.8 Å². The molecule has 2 saturated heterocycles. The summed E-state index contributed by atoms with van der Waals surface area (Å²) in [6.07, 6.45) is 5.36. The molecule has 2 aromatic heterocycles. The fourth-order valence-corrected chi connectivity index (χ4v) is 5.78. The van der Waals surface area contributed by atoms with Crippen molar-refractivity contribution in [1.29, 1.82) is 0 Å². The monoisotopic (exact) mass is 462 g/mol. The van der Waals surface area contributed by atoms with Gasteiger partial charge in [0.15, 0.2) is 5.65 Å². The van der Waals surface area contributed by atoms with Crippen molar-refractivity contribution in [3.8, 4) is 0 Å². The Morgan fingerprint density at radius 1 is 1.12 bits per heavy atom. The zero-order valence-electron chi connectivity index (χ0n) is 19.6. The van der Waals surface area contributed by atoms with Gasteiger partial charge in [-0.05, 0) is 50.3 Å². The maximum absolute atomic E-state index is 14.2. The first-order valence-corrected chi connectivity index (χ1v) is 12.4. The van der Waals surface area contributed by atoms with Crippen molar-refractivity contribution in [2.75, 3.05) is 44.2 Å². The van der Waals surface area contributed by atoms with Gasteiger partial charge < -0.3 is 15.1 Å².